The van der Waals surface area contributed by atoms with E-state index in [9.17, 15) is 4.79 Å². The second kappa shape index (κ2) is 6.02. The molecule has 3 nitrogen and oxygen atoms in total. The highest BCUT2D eigenvalue weighted by Gasteiger charge is 2.32. The van der Waals surface area contributed by atoms with Gasteiger partial charge in [-0.3, -0.25) is 4.79 Å². The zero-order valence-electron chi connectivity index (χ0n) is 10.6. The first-order valence-corrected chi connectivity index (χ1v) is 7.44. The van der Waals surface area contributed by atoms with Crippen LogP contribution in [0, 0.1) is 9.49 Å². The molecule has 1 saturated carbocycles. The molecule has 0 bridgehead atoms. The van der Waals surface area contributed by atoms with Gasteiger partial charge in [-0.05, 0) is 60.0 Å². The van der Waals surface area contributed by atoms with Crippen molar-refractivity contribution in [1.82, 2.24) is 4.90 Å². The predicted octanol–water partition coefficient (Wildman–Crippen LogP) is 2.49. The number of hydrogen-bond donors (Lipinski definition) is 1. The van der Waals surface area contributed by atoms with E-state index in [1.165, 1.54) is 6.42 Å². The SMILES string of the molecule is CN(C(=O)c1ccccc1I)C1CCCC1CN. The molecule has 0 aliphatic heterocycles. The second-order valence-electron chi connectivity index (χ2n) is 4.89. The van der Waals surface area contributed by atoms with Gasteiger partial charge in [0.15, 0.2) is 0 Å². The van der Waals surface area contributed by atoms with Crippen LogP contribution < -0.4 is 5.73 Å². The molecular formula is C14H19IN2O. The highest BCUT2D eigenvalue weighted by Crippen LogP contribution is 2.29. The van der Waals surface area contributed by atoms with Crippen LogP contribution in [-0.2, 0) is 0 Å². The zero-order chi connectivity index (χ0) is 13.1. The average molecular weight is 358 g/mol. The zero-order valence-corrected chi connectivity index (χ0v) is 12.8. The number of amides is 1. The third kappa shape index (κ3) is 2.69. The van der Waals surface area contributed by atoms with Gasteiger partial charge < -0.3 is 10.6 Å². The molecule has 2 unspecified atom stereocenters. The van der Waals surface area contributed by atoms with Crippen molar-refractivity contribution in [2.75, 3.05) is 13.6 Å². The fourth-order valence-electron chi connectivity index (χ4n) is 2.78. The summed E-state index contributed by atoms with van der Waals surface area (Å²) >= 11 is 2.21. The maximum absolute atomic E-state index is 12.5. The summed E-state index contributed by atoms with van der Waals surface area (Å²) in [6, 6.07) is 8.04. The monoisotopic (exact) mass is 358 g/mol. The Hall–Kier alpha value is -0.620. The summed E-state index contributed by atoms with van der Waals surface area (Å²) in [6.07, 6.45) is 3.40. The van der Waals surface area contributed by atoms with Crippen molar-refractivity contribution in [3.8, 4) is 0 Å². The van der Waals surface area contributed by atoms with E-state index in [1.54, 1.807) is 0 Å². The Labute approximate surface area is 122 Å². The summed E-state index contributed by atoms with van der Waals surface area (Å²) in [5, 5.41) is 0. The minimum Gasteiger partial charge on any atom is -0.338 e. The lowest BCUT2D eigenvalue weighted by atomic mass is 10.0. The lowest BCUT2D eigenvalue weighted by molar-refractivity contribution is 0.0699. The number of carbonyl (C=O) groups is 1. The van der Waals surface area contributed by atoms with Gasteiger partial charge in [-0.25, -0.2) is 0 Å². The second-order valence-corrected chi connectivity index (χ2v) is 6.05. The van der Waals surface area contributed by atoms with Crippen LogP contribution in [-0.4, -0.2) is 30.4 Å². The summed E-state index contributed by atoms with van der Waals surface area (Å²) < 4.78 is 1.01. The van der Waals surface area contributed by atoms with Gasteiger partial charge in [-0.15, -0.1) is 0 Å². The Morgan fingerprint density at radius 2 is 2.17 bits per heavy atom. The van der Waals surface area contributed by atoms with Gasteiger partial charge in [-0.1, -0.05) is 18.6 Å². The molecule has 1 aromatic rings. The maximum atomic E-state index is 12.5. The van der Waals surface area contributed by atoms with E-state index < -0.39 is 0 Å². The smallest absolute Gasteiger partial charge is 0.254 e. The number of nitrogens with zero attached hydrogens (tertiary/aromatic N) is 1. The standard InChI is InChI=1S/C14H19IN2O/c1-17(13-8-4-5-10(13)9-16)14(18)11-6-2-3-7-12(11)15/h2-3,6-7,10,13H,4-5,8-9,16H2,1H3. The molecule has 0 heterocycles. The van der Waals surface area contributed by atoms with Crippen molar-refractivity contribution >= 4 is 28.5 Å². The van der Waals surface area contributed by atoms with Gasteiger partial charge in [0.05, 0.1) is 5.56 Å². The molecule has 1 aromatic carbocycles. The molecule has 0 saturated heterocycles. The van der Waals surface area contributed by atoms with Gasteiger partial charge in [-0.2, -0.15) is 0 Å². The number of halogens is 1. The highest BCUT2D eigenvalue weighted by atomic mass is 127. The number of hydrogen-bond acceptors (Lipinski definition) is 2. The summed E-state index contributed by atoms with van der Waals surface area (Å²) in [7, 11) is 1.91. The fraction of sp³-hybridized carbons (Fsp3) is 0.500. The molecule has 2 rings (SSSR count). The lowest BCUT2D eigenvalue weighted by Gasteiger charge is -2.29. The van der Waals surface area contributed by atoms with Crippen molar-refractivity contribution < 1.29 is 4.79 Å². The normalized spacial score (nSPS) is 23.1. The molecule has 1 aliphatic rings. The van der Waals surface area contributed by atoms with Crippen molar-refractivity contribution in [2.45, 2.75) is 25.3 Å². The molecule has 1 aliphatic carbocycles. The molecule has 1 fully saturated rings. The Bertz CT molecular complexity index is 436. The number of rotatable bonds is 3. The molecule has 18 heavy (non-hydrogen) atoms. The average Bonchev–Trinajstić information content (AvgIpc) is 2.86. The largest absolute Gasteiger partial charge is 0.338 e. The van der Waals surface area contributed by atoms with Crippen molar-refractivity contribution in [2.24, 2.45) is 11.7 Å². The van der Waals surface area contributed by atoms with E-state index >= 15 is 0 Å². The van der Waals surface area contributed by atoms with E-state index in [1.807, 2.05) is 36.2 Å². The molecule has 0 radical (unpaired) electrons. The summed E-state index contributed by atoms with van der Waals surface area (Å²) in [4.78, 5) is 14.4. The first kappa shape index (κ1) is 13.8. The Balaban J connectivity index is 2.16. The number of carbonyl (C=O) groups excluding carboxylic acids is 1. The van der Waals surface area contributed by atoms with Crippen LogP contribution in [0.25, 0.3) is 0 Å². The molecule has 1 amide bonds. The molecule has 98 valence electrons. The molecule has 2 N–H and O–H groups in total. The van der Waals surface area contributed by atoms with Gasteiger partial charge in [0.1, 0.15) is 0 Å². The predicted molar refractivity (Wildman–Crippen MR) is 81.4 cm³/mol. The Kier molecular flexibility index (Phi) is 4.61. The van der Waals surface area contributed by atoms with Crippen LogP contribution in [0.15, 0.2) is 24.3 Å². The van der Waals surface area contributed by atoms with E-state index in [-0.39, 0.29) is 5.91 Å². The van der Waals surface area contributed by atoms with Crippen molar-refractivity contribution in [3.05, 3.63) is 33.4 Å². The molecule has 4 heteroatoms. The molecule has 0 spiro atoms. The summed E-state index contributed by atoms with van der Waals surface area (Å²) in [6.45, 7) is 0.675. The minimum absolute atomic E-state index is 0.116. The van der Waals surface area contributed by atoms with E-state index in [0.717, 1.165) is 22.0 Å². The van der Waals surface area contributed by atoms with Gasteiger partial charge in [0, 0.05) is 16.7 Å². The topological polar surface area (TPSA) is 46.3 Å². The van der Waals surface area contributed by atoms with Crippen molar-refractivity contribution in [1.29, 1.82) is 0 Å². The third-order valence-corrected chi connectivity index (χ3v) is 4.78. The van der Waals surface area contributed by atoms with Gasteiger partial charge in [0.2, 0.25) is 0 Å². The molecular weight excluding hydrogens is 339 g/mol. The Morgan fingerprint density at radius 3 is 2.83 bits per heavy atom. The molecule has 0 aromatic heterocycles. The van der Waals surface area contributed by atoms with Crippen LogP contribution in [0.3, 0.4) is 0 Å². The third-order valence-electron chi connectivity index (χ3n) is 3.84. The summed E-state index contributed by atoms with van der Waals surface area (Å²) in [5.74, 6) is 0.575. The van der Waals surface area contributed by atoms with Crippen LogP contribution in [0.4, 0.5) is 0 Å². The first-order valence-electron chi connectivity index (χ1n) is 6.37. The van der Waals surface area contributed by atoms with E-state index in [4.69, 9.17) is 5.73 Å². The van der Waals surface area contributed by atoms with Crippen LogP contribution >= 0.6 is 22.6 Å². The lowest BCUT2D eigenvalue weighted by Crippen LogP contribution is -2.41. The van der Waals surface area contributed by atoms with Crippen LogP contribution in [0.1, 0.15) is 29.6 Å². The van der Waals surface area contributed by atoms with E-state index in [2.05, 4.69) is 22.6 Å². The quantitative estimate of drug-likeness (QED) is 0.844. The van der Waals surface area contributed by atoms with Gasteiger partial charge in [0.25, 0.3) is 5.91 Å². The van der Waals surface area contributed by atoms with Crippen LogP contribution in [0.2, 0.25) is 0 Å². The van der Waals surface area contributed by atoms with Crippen molar-refractivity contribution in [3.63, 3.8) is 0 Å². The summed E-state index contributed by atoms with van der Waals surface area (Å²) in [5.41, 5.74) is 6.59. The van der Waals surface area contributed by atoms with Gasteiger partial charge >= 0.3 is 0 Å². The first-order chi connectivity index (χ1) is 8.65. The highest BCUT2D eigenvalue weighted by molar-refractivity contribution is 14.1. The number of nitrogens with two attached hydrogens (primary N) is 1. The Morgan fingerprint density at radius 1 is 1.44 bits per heavy atom. The molecule has 2 atom stereocenters. The number of benzene rings is 1. The van der Waals surface area contributed by atoms with E-state index in [0.29, 0.717) is 18.5 Å². The maximum Gasteiger partial charge on any atom is 0.254 e. The van der Waals surface area contributed by atoms with Crippen LogP contribution in [0.5, 0.6) is 0 Å². The minimum atomic E-state index is 0.116. The fourth-order valence-corrected chi connectivity index (χ4v) is 3.40.